The standard InChI is InChI=1S/C37H37N5O4/c38-42-41-33-19-8-7-18-32(33)34-37(24-9-16-28-12-3-1-4-13-28,36(44)39-25-10-17-29-14-5-2-6-15-29)40-35(46-34)30-20-22-31(23-21-30)45-27-11-26-43/h1-9,12-16,18-23,34,43H,10-11,17,24-27H2,(H,39,44)/b16-9+/t34-,37-/m1/s1. The lowest BCUT2D eigenvalue weighted by atomic mass is 9.83. The van der Waals surface area contributed by atoms with Gasteiger partial charge in [0.2, 0.25) is 5.90 Å². The highest BCUT2D eigenvalue weighted by Crippen LogP contribution is 2.45. The van der Waals surface area contributed by atoms with E-state index in [1.165, 1.54) is 5.56 Å². The maximum Gasteiger partial charge on any atom is 0.252 e. The van der Waals surface area contributed by atoms with Gasteiger partial charge in [-0.25, -0.2) is 4.99 Å². The molecule has 0 radical (unpaired) electrons. The molecule has 0 saturated carbocycles. The Morgan fingerprint density at radius 2 is 1.70 bits per heavy atom. The quantitative estimate of drug-likeness (QED) is 0.0621. The van der Waals surface area contributed by atoms with Crippen molar-refractivity contribution < 1.29 is 19.4 Å². The van der Waals surface area contributed by atoms with Crippen molar-refractivity contribution in [2.75, 3.05) is 19.8 Å². The number of aryl methyl sites for hydroxylation is 1. The molecule has 0 saturated heterocycles. The maximum absolute atomic E-state index is 14.4. The van der Waals surface area contributed by atoms with Crippen molar-refractivity contribution in [1.82, 2.24) is 5.32 Å². The number of hydrogen-bond donors (Lipinski definition) is 2. The van der Waals surface area contributed by atoms with Crippen LogP contribution in [0.2, 0.25) is 0 Å². The van der Waals surface area contributed by atoms with Crippen LogP contribution in [0.25, 0.3) is 16.5 Å². The molecule has 9 heteroatoms. The van der Waals surface area contributed by atoms with Gasteiger partial charge in [-0.2, -0.15) is 0 Å². The summed E-state index contributed by atoms with van der Waals surface area (Å²) in [4.78, 5) is 22.4. The number of nitrogens with one attached hydrogen (secondary N) is 1. The highest BCUT2D eigenvalue weighted by Gasteiger charge is 2.53. The smallest absolute Gasteiger partial charge is 0.252 e. The number of aliphatic imine (C=N–C) groups is 1. The van der Waals surface area contributed by atoms with Crippen molar-refractivity contribution in [3.8, 4) is 5.75 Å². The average Bonchev–Trinajstić information content (AvgIpc) is 3.49. The molecule has 2 N–H and O–H groups in total. The van der Waals surface area contributed by atoms with Crippen LogP contribution in [-0.2, 0) is 16.0 Å². The number of aliphatic hydroxyl groups excluding tert-OH is 1. The Kier molecular flexibility index (Phi) is 11.2. The molecule has 0 fully saturated rings. The topological polar surface area (TPSA) is 129 Å². The number of azide groups is 1. The van der Waals surface area contributed by atoms with Crippen molar-refractivity contribution in [3.63, 3.8) is 0 Å². The first kappa shape index (κ1) is 32.0. The number of nitrogens with zero attached hydrogens (tertiary/aromatic N) is 4. The average molecular weight is 616 g/mol. The number of aliphatic hydroxyl groups is 1. The maximum atomic E-state index is 14.4. The number of benzene rings is 4. The zero-order valence-corrected chi connectivity index (χ0v) is 25.5. The number of rotatable bonds is 15. The Labute approximate surface area is 268 Å². The number of carbonyl (C=O) groups is 1. The predicted molar refractivity (Wildman–Crippen MR) is 180 cm³/mol. The summed E-state index contributed by atoms with van der Waals surface area (Å²) in [5, 5.41) is 16.1. The van der Waals surface area contributed by atoms with Gasteiger partial charge >= 0.3 is 0 Å². The monoisotopic (exact) mass is 615 g/mol. The molecule has 0 aromatic heterocycles. The van der Waals surface area contributed by atoms with Crippen LogP contribution in [-0.4, -0.2) is 42.2 Å². The van der Waals surface area contributed by atoms with Gasteiger partial charge in [-0.3, -0.25) is 4.79 Å². The van der Waals surface area contributed by atoms with Crippen LogP contribution in [0.15, 0.2) is 125 Å². The van der Waals surface area contributed by atoms with Crippen LogP contribution in [0.4, 0.5) is 5.69 Å². The van der Waals surface area contributed by atoms with Gasteiger partial charge in [0.05, 0.1) is 6.61 Å². The molecule has 46 heavy (non-hydrogen) atoms. The van der Waals surface area contributed by atoms with E-state index in [2.05, 4.69) is 27.5 Å². The normalized spacial score (nSPS) is 17.2. The summed E-state index contributed by atoms with van der Waals surface area (Å²) in [6.07, 6.45) is 5.36. The Bertz CT molecular complexity index is 1690. The van der Waals surface area contributed by atoms with Crippen LogP contribution in [0.5, 0.6) is 5.75 Å². The lowest BCUT2D eigenvalue weighted by molar-refractivity contribution is -0.128. The van der Waals surface area contributed by atoms with E-state index < -0.39 is 11.6 Å². The molecule has 2 atom stereocenters. The van der Waals surface area contributed by atoms with Crippen LogP contribution in [0.3, 0.4) is 0 Å². The first-order valence-electron chi connectivity index (χ1n) is 15.4. The fourth-order valence-corrected chi connectivity index (χ4v) is 5.37. The molecule has 234 valence electrons. The summed E-state index contributed by atoms with van der Waals surface area (Å²) in [7, 11) is 0. The molecule has 4 aromatic carbocycles. The van der Waals surface area contributed by atoms with Gasteiger partial charge in [-0.15, -0.1) is 0 Å². The van der Waals surface area contributed by atoms with E-state index in [4.69, 9.17) is 19.6 Å². The molecular weight excluding hydrogens is 578 g/mol. The van der Waals surface area contributed by atoms with E-state index in [9.17, 15) is 10.3 Å². The molecule has 4 aromatic rings. The molecule has 1 heterocycles. The van der Waals surface area contributed by atoms with E-state index in [0.29, 0.717) is 48.0 Å². The Morgan fingerprint density at radius 3 is 2.43 bits per heavy atom. The summed E-state index contributed by atoms with van der Waals surface area (Å²) in [6, 6.07) is 34.4. The minimum Gasteiger partial charge on any atom is -0.494 e. The van der Waals surface area contributed by atoms with E-state index in [1.54, 1.807) is 24.3 Å². The predicted octanol–water partition coefficient (Wildman–Crippen LogP) is 7.50. The molecular formula is C37H37N5O4. The molecule has 0 aliphatic carbocycles. The zero-order valence-electron chi connectivity index (χ0n) is 25.5. The molecule has 5 rings (SSSR count). The third-order valence-electron chi connectivity index (χ3n) is 7.71. The van der Waals surface area contributed by atoms with Crippen molar-refractivity contribution in [2.45, 2.75) is 37.3 Å². The van der Waals surface area contributed by atoms with Crippen LogP contribution in [0, 0.1) is 0 Å². The largest absolute Gasteiger partial charge is 0.494 e. The summed E-state index contributed by atoms with van der Waals surface area (Å²) < 4.78 is 12.3. The fraction of sp³-hybridized carbons (Fsp3) is 0.243. The van der Waals surface area contributed by atoms with Gasteiger partial charge in [0.25, 0.3) is 5.91 Å². The Hall–Kier alpha value is -5.37. The summed E-state index contributed by atoms with van der Waals surface area (Å²) >= 11 is 0. The van der Waals surface area contributed by atoms with E-state index in [0.717, 1.165) is 18.4 Å². The highest BCUT2D eigenvalue weighted by molar-refractivity contribution is 6.01. The van der Waals surface area contributed by atoms with Gasteiger partial charge in [0, 0.05) is 47.7 Å². The van der Waals surface area contributed by atoms with Crippen LogP contribution >= 0.6 is 0 Å². The lowest BCUT2D eigenvalue weighted by Crippen LogP contribution is -2.48. The minimum atomic E-state index is -1.40. The van der Waals surface area contributed by atoms with Crippen LogP contribution in [0.1, 0.15) is 47.6 Å². The van der Waals surface area contributed by atoms with E-state index in [-0.39, 0.29) is 18.9 Å². The summed E-state index contributed by atoms with van der Waals surface area (Å²) in [5.74, 6) is 0.669. The molecule has 0 spiro atoms. The van der Waals surface area contributed by atoms with Gasteiger partial charge in [0.15, 0.2) is 11.6 Å². The van der Waals surface area contributed by atoms with Crippen molar-refractivity contribution in [3.05, 3.63) is 148 Å². The highest BCUT2D eigenvalue weighted by atomic mass is 16.5. The van der Waals surface area contributed by atoms with Gasteiger partial charge in [-0.05, 0) is 53.8 Å². The van der Waals surface area contributed by atoms with Gasteiger partial charge in [-0.1, -0.05) is 102 Å². The van der Waals surface area contributed by atoms with Crippen molar-refractivity contribution in [1.29, 1.82) is 0 Å². The second-order valence-electron chi connectivity index (χ2n) is 10.9. The number of hydrogen-bond acceptors (Lipinski definition) is 6. The lowest BCUT2D eigenvalue weighted by Gasteiger charge is -2.30. The van der Waals surface area contributed by atoms with E-state index >= 15 is 0 Å². The molecule has 0 bridgehead atoms. The van der Waals surface area contributed by atoms with E-state index in [1.807, 2.05) is 84.9 Å². The zero-order chi connectivity index (χ0) is 32.0. The first-order valence-corrected chi connectivity index (χ1v) is 15.4. The van der Waals surface area contributed by atoms with Crippen LogP contribution < -0.4 is 10.1 Å². The third-order valence-corrected chi connectivity index (χ3v) is 7.71. The first-order chi connectivity index (χ1) is 22.6. The Balaban J connectivity index is 1.50. The van der Waals surface area contributed by atoms with Gasteiger partial charge < -0.3 is 19.9 Å². The molecule has 1 aliphatic heterocycles. The van der Waals surface area contributed by atoms with Gasteiger partial charge in [0.1, 0.15) is 5.75 Å². The Morgan fingerprint density at radius 1 is 0.978 bits per heavy atom. The van der Waals surface area contributed by atoms with Crippen molar-refractivity contribution in [2.24, 2.45) is 10.1 Å². The molecule has 1 aliphatic rings. The second kappa shape index (κ2) is 16.1. The van der Waals surface area contributed by atoms with Crippen molar-refractivity contribution >= 4 is 23.6 Å². The number of amides is 1. The third kappa shape index (κ3) is 8.01. The summed E-state index contributed by atoms with van der Waals surface area (Å²) in [6.45, 7) is 0.900. The molecule has 0 unspecified atom stereocenters. The minimum absolute atomic E-state index is 0.0521. The molecule has 9 nitrogen and oxygen atoms in total. The molecule has 1 amide bonds. The number of ether oxygens (including phenoxy) is 2. The number of carbonyl (C=O) groups excluding carboxylic acids is 1. The SMILES string of the molecule is [N-]=[N+]=Nc1ccccc1[C@H]1OC(c2ccc(OCCCO)cc2)=N[C@@]1(C/C=C/c1ccccc1)C(=O)NCCCc1ccccc1. The second-order valence-corrected chi connectivity index (χ2v) is 10.9. The fourth-order valence-electron chi connectivity index (χ4n) is 5.37. The summed E-state index contributed by atoms with van der Waals surface area (Å²) in [5.41, 5.74) is 11.7.